The van der Waals surface area contributed by atoms with Crippen LogP contribution in [0.4, 0.5) is 15.8 Å². The van der Waals surface area contributed by atoms with Gasteiger partial charge in [-0.3, -0.25) is 10.1 Å². The van der Waals surface area contributed by atoms with Crippen molar-refractivity contribution >= 4 is 28.3 Å². The number of nitrogens with zero attached hydrogens (tertiary/aromatic N) is 3. The van der Waals surface area contributed by atoms with Crippen molar-refractivity contribution < 1.29 is 9.31 Å². The zero-order valence-corrected chi connectivity index (χ0v) is 15.0. The molecule has 0 saturated heterocycles. The first kappa shape index (κ1) is 18.2. The smallest absolute Gasteiger partial charge is 0.269 e. The van der Waals surface area contributed by atoms with Gasteiger partial charge in [0.2, 0.25) is 0 Å². The molecule has 0 aliphatic carbocycles. The highest BCUT2D eigenvalue weighted by atomic mass is 32.1. The predicted molar refractivity (Wildman–Crippen MR) is 103 cm³/mol. The SMILES string of the molecule is Cc1ccc(F)c(N/C=C(\C#N)c2nc(-c3ccc([N+](=O)[O-])cc3)cs2)c1. The maximum Gasteiger partial charge on any atom is 0.269 e. The molecule has 0 aliphatic rings. The van der Waals surface area contributed by atoms with Crippen LogP contribution in [0.25, 0.3) is 16.8 Å². The fraction of sp³-hybridized carbons (Fsp3) is 0.0526. The average Bonchev–Trinajstić information content (AvgIpc) is 3.15. The van der Waals surface area contributed by atoms with Gasteiger partial charge < -0.3 is 5.32 Å². The van der Waals surface area contributed by atoms with Gasteiger partial charge in [0, 0.05) is 29.3 Å². The molecule has 0 amide bonds. The highest BCUT2D eigenvalue weighted by Gasteiger charge is 2.11. The third-order valence-corrected chi connectivity index (χ3v) is 4.60. The molecule has 0 fully saturated rings. The molecule has 1 N–H and O–H groups in total. The number of nitro groups is 1. The second kappa shape index (κ2) is 7.76. The summed E-state index contributed by atoms with van der Waals surface area (Å²) in [5, 5.41) is 25.2. The lowest BCUT2D eigenvalue weighted by Gasteiger charge is -2.04. The average molecular weight is 380 g/mol. The zero-order valence-electron chi connectivity index (χ0n) is 14.1. The van der Waals surface area contributed by atoms with Crippen molar-refractivity contribution in [3.05, 3.63) is 80.5 Å². The first-order chi connectivity index (χ1) is 13.0. The monoisotopic (exact) mass is 380 g/mol. The molecule has 27 heavy (non-hydrogen) atoms. The lowest BCUT2D eigenvalue weighted by molar-refractivity contribution is -0.384. The second-order valence-electron chi connectivity index (χ2n) is 5.64. The molecule has 3 aromatic rings. The largest absolute Gasteiger partial charge is 0.358 e. The highest BCUT2D eigenvalue weighted by molar-refractivity contribution is 7.11. The van der Waals surface area contributed by atoms with Crippen LogP contribution in [0.15, 0.2) is 54.0 Å². The molecule has 0 aliphatic heterocycles. The molecule has 0 bridgehead atoms. The van der Waals surface area contributed by atoms with Crippen molar-refractivity contribution in [2.75, 3.05) is 5.32 Å². The molecule has 0 atom stereocenters. The number of hydrogen-bond donors (Lipinski definition) is 1. The molecule has 0 saturated carbocycles. The summed E-state index contributed by atoms with van der Waals surface area (Å²) in [6, 6.07) is 12.7. The third kappa shape index (κ3) is 4.16. The summed E-state index contributed by atoms with van der Waals surface area (Å²) < 4.78 is 13.8. The first-order valence-corrected chi connectivity index (χ1v) is 8.69. The summed E-state index contributed by atoms with van der Waals surface area (Å²) in [5.41, 5.74) is 2.73. The van der Waals surface area contributed by atoms with E-state index in [0.717, 1.165) is 5.56 Å². The number of anilines is 1. The summed E-state index contributed by atoms with van der Waals surface area (Å²) in [6.45, 7) is 1.84. The molecule has 0 spiro atoms. The van der Waals surface area contributed by atoms with Gasteiger partial charge in [0.15, 0.2) is 0 Å². The van der Waals surface area contributed by atoms with E-state index >= 15 is 0 Å². The van der Waals surface area contributed by atoms with Crippen LogP contribution >= 0.6 is 11.3 Å². The molecule has 1 heterocycles. The predicted octanol–water partition coefficient (Wildman–Crippen LogP) is 5.14. The minimum absolute atomic E-state index is 0.00352. The number of nitriles is 1. The third-order valence-electron chi connectivity index (χ3n) is 3.72. The molecular formula is C19H13FN4O2S. The van der Waals surface area contributed by atoms with Gasteiger partial charge >= 0.3 is 0 Å². The van der Waals surface area contributed by atoms with Gasteiger partial charge in [-0.2, -0.15) is 5.26 Å². The van der Waals surface area contributed by atoms with E-state index in [2.05, 4.69) is 10.3 Å². The van der Waals surface area contributed by atoms with Crippen molar-refractivity contribution in [3.8, 4) is 17.3 Å². The molecular weight excluding hydrogens is 367 g/mol. The van der Waals surface area contributed by atoms with Crippen LogP contribution < -0.4 is 5.32 Å². The Hall–Kier alpha value is -3.57. The number of halogens is 1. The normalized spacial score (nSPS) is 11.1. The standard InChI is InChI=1S/C19H13FN4O2S/c1-12-2-7-16(20)17(8-12)22-10-14(9-21)19-23-18(11-27-19)13-3-5-15(6-4-13)24(25)26/h2-8,10-11,22H,1H3/b14-10+. The summed E-state index contributed by atoms with van der Waals surface area (Å²) in [5.74, 6) is -0.417. The van der Waals surface area contributed by atoms with Crippen molar-refractivity contribution in [3.63, 3.8) is 0 Å². The van der Waals surface area contributed by atoms with Gasteiger partial charge in [-0.25, -0.2) is 9.37 Å². The lowest BCUT2D eigenvalue weighted by Crippen LogP contribution is -1.94. The van der Waals surface area contributed by atoms with E-state index in [4.69, 9.17) is 0 Å². The van der Waals surface area contributed by atoms with Gasteiger partial charge in [0.05, 0.1) is 16.3 Å². The number of aromatic nitrogens is 1. The number of aryl methyl sites for hydroxylation is 1. The van der Waals surface area contributed by atoms with Crippen molar-refractivity contribution in [1.29, 1.82) is 5.26 Å². The van der Waals surface area contributed by atoms with Crippen LogP contribution in [-0.4, -0.2) is 9.91 Å². The maximum absolute atomic E-state index is 13.8. The van der Waals surface area contributed by atoms with Crippen LogP contribution in [0.5, 0.6) is 0 Å². The van der Waals surface area contributed by atoms with Gasteiger partial charge in [-0.15, -0.1) is 11.3 Å². The van der Waals surface area contributed by atoms with E-state index in [-0.39, 0.29) is 16.9 Å². The number of benzene rings is 2. The molecule has 134 valence electrons. The summed E-state index contributed by atoms with van der Waals surface area (Å²) in [6.07, 6.45) is 1.41. The minimum Gasteiger partial charge on any atom is -0.358 e. The maximum atomic E-state index is 13.8. The van der Waals surface area contributed by atoms with E-state index < -0.39 is 10.7 Å². The number of hydrogen-bond acceptors (Lipinski definition) is 6. The number of nitrogens with one attached hydrogen (secondary N) is 1. The molecule has 6 nitrogen and oxygen atoms in total. The molecule has 2 aromatic carbocycles. The molecule has 8 heteroatoms. The fourth-order valence-electron chi connectivity index (χ4n) is 2.33. The van der Waals surface area contributed by atoms with Crippen molar-refractivity contribution in [2.45, 2.75) is 6.92 Å². The second-order valence-corrected chi connectivity index (χ2v) is 6.50. The Kier molecular flexibility index (Phi) is 5.24. The number of allylic oxidation sites excluding steroid dienone is 1. The molecule has 3 rings (SSSR count). The topological polar surface area (TPSA) is 91.8 Å². The lowest BCUT2D eigenvalue weighted by atomic mass is 10.1. The zero-order chi connectivity index (χ0) is 19.4. The fourth-order valence-corrected chi connectivity index (χ4v) is 3.12. The number of non-ortho nitro benzene ring substituents is 1. The van der Waals surface area contributed by atoms with Crippen LogP contribution in [0.2, 0.25) is 0 Å². The van der Waals surface area contributed by atoms with Crippen molar-refractivity contribution in [2.24, 2.45) is 0 Å². The van der Waals surface area contributed by atoms with E-state index in [0.29, 0.717) is 16.3 Å². The highest BCUT2D eigenvalue weighted by Crippen LogP contribution is 2.27. The van der Waals surface area contributed by atoms with Crippen LogP contribution in [-0.2, 0) is 0 Å². The van der Waals surface area contributed by atoms with Crippen LogP contribution in [0.1, 0.15) is 10.6 Å². The van der Waals surface area contributed by atoms with Gasteiger partial charge in [0.25, 0.3) is 5.69 Å². The first-order valence-electron chi connectivity index (χ1n) is 7.81. The van der Waals surface area contributed by atoms with Crippen LogP contribution in [0.3, 0.4) is 0 Å². The number of nitro benzene ring substituents is 1. The van der Waals surface area contributed by atoms with E-state index in [9.17, 15) is 19.8 Å². The number of thiazole rings is 1. The Bertz CT molecular complexity index is 1070. The number of rotatable bonds is 5. The van der Waals surface area contributed by atoms with Gasteiger partial charge in [-0.05, 0) is 36.8 Å². The Balaban J connectivity index is 1.84. The Labute approximate surface area is 158 Å². The van der Waals surface area contributed by atoms with E-state index in [1.807, 2.05) is 13.0 Å². The van der Waals surface area contributed by atoms with Gasteiger partial charge in [-0.1, -0.05) is 6.07 Å². The van der Waals surface area contributed by atoms with E-state index in [1.165, 1.54) is 35.7 Å². The summed E-state index contributed by atoms with van der Waals surface area (Å²) in [7, 11) is 0. The molecule has 0 unspecified atom stereocenters. The Morgan fingerprint density at radius 1 is 1.33 bits per heavy atom. The van der Waals surface area contributed by atoms with Crippen LogP contribution in [0, 0.1) is 34.2 Å². The Morgan fingerprint density at radius 2 is 2.07 bits per heavy atom. The van der Waals surface area contributed by atoms with Gasteiger partial charge in [0.1, 0.15) is 22.5 Å². The minimum atomic E-state index is -0.469. The summed E-state index contributed by atoms with van der Waals surface area (Å²) in [4.78, 5) is 14.7. The molecule has 1 aromatic heterocycles. The quantitative estimate of drug-likeness (QED) is 0.376. The van der Waals surface area contributed by atoms with E-state index in [1.54, 1.807) is 29.6 Å². The summed E-state index contributed by atoms with van der Waals surface area (Å²) >= 11 is 1.26. The Morgan fingerprint density at radius 3 is 2.74 bits per heavy atom. The molecule has 0 radical (unpaired) electrons. The van der Waals surface area contributed by atoms with Crippen molar-refractivity contribution in [1.82, 2.24) is 4.98 Å².